The van der Waals surface area contributed by atoms with E-state index in [1.165, 1.54) is 44.3 Å². The molecule has 2 aliphatic rings. The maximum absolute atomic E-state index is 5.93. The molecule has 0 spiro atoms. The summed E-state index contributed by atoms with van der Waals surface area (Å²) in [6.07, 6.45) is 7.76. The predicted molar refractivity (Wildman–Crippen MR) is 68.3 cm³/mol. The SMILES string of the molecule is CC1SCCCC1NC1CCC(N)CC1. The van der Waals surface area contributed by atoms with Crippen LogP contribution in [0.1, 0.15) is 45.4 Å². The maximum atomic E-state index is 5.93. The monoisotopic (exact) mass is 228 g/mol. The van der Waals surface area contributed by atoms with Gasteiger partial charge in [0.25, 0.3) is 0 Å². The Morgan fingerprint density at radius 2 is 1.87 bits per heavy atom. The zero-order valence-electron chi connectivity index (χ0n) is 9.74. The van der Waals surface area contributed by atoms with Crippen molar-refractivity contribution in [2.24, 2.45) is 5.73 Å². The summed E-state index contributed by atoms with van der Waals surface area (Å²) in [6, 6.07) is 1.97. The largest absolute Gasteiger partial charge is 0.328 e. The zero-order chi connectivity index (χ0) is 10.7. The van der Waals surface area contributed by atoms with Crippen LogP contribution in [0.3, 0.4) is 0 Å². The lowest BCUT2D eigenvalue weighted by molar-refractivity contribution is 0.303. The number of nitrogens with two attached hydrogens (primary N) is 1. The summed E-state index contributed by atoms with van der Waals surface area (Å²) in [5.74, 6) is 1.36. The Morgan fingerprint density at radius 3 is 2.53 bits per heavy atom. The molecule has 2 unspecified atom stereocenters. The van der Waals surface area contributed by atoms with Gasteiger partial charge >= 0.3 is 0 Å². The summed E-state index contributed by atoms with van der Waals surface area (Å²) in [4.78, 5) is 0. The molecule has 1 saturated heterocycles. The van der Waals surface area contributed by atoms with E-state index in [1.807, 2.05) is 0 Å². The normalized spacial score (nSPS) is 42.8. The Bertz CT molecular complexity index is 190. The van der Waals surface area contributed by atoms with Gasteiger partial charge in [0.15, 0.2) is 0 Å². The van der Waals surface area contributed by atoms with E-state index in [1.54, 1.807) is 0 Å². The van der Waals surface area contributed by atoms with Gasteiger partial charge in [0, 0.05) is 23.4 Å². The van der Waals surface area contributed by atoms with Crippen LogP contribution >= 0.6 is 11.8 Å². The van der Waals surface area contributed by atoms with Gasteiger partial charge in [-0.2, -0.15) is 11.8 Å². The molecule has 2 rings (SSSR count). The third-order valence-electron chi connectivity index (χ3n) is 3.83. The molecule has 0 aromatic heterocycles. The van der Waals surface area contributed by atoms with Crippen molar-refractivity contribution in [2.75, 3.05) is 5.75 Å². The minimum atomic E-state index is 0.473. The van der Waals surface area contributed by atoms with Crippen LogP contribution in [0.5, 0.6) is 0 Å². The van der Waals surface area contributed by atoms with Crippen LogP contribution in [0, 0.1) is 0 Å². The van der Waals surface area contributed by atoms with Crippen LogP contribution in [0.25, 0.3) is 0 Å². The molecule has 3 heteroatoms. The van der Waals surface area contributed by atoms with Crippen molar-refractivity contribution in [2.45, 2.75) is 68.8 Å². The molecule has 2 atom stereocenters. The molecular weight excluding hydrogens is 204 g/mol. The molecule has 0 bridgehead atoms. The van der Waals surface area contributed by atoms with Crippen molar-refractivity contribution in [3.63, 3.8) is 0 Å². The topological polar surface area (TPSA) is 38.0 Å². The van der Waals surface area contributed by atoms with E-state index >= 15 is 0 Å². The molecule has 0 radical (unpaired) electrons. The molecule has 3 N–H and O–H groups in total. The molecule has 2 fully saturated rings. The lowest BCUT2D eigenvalue weighted by Crippen LogP contribution is -2.47. The van der Waals surface area contributed by atoms with E-state index < -0.39 is 0 Å². The molecule has 1 saturated carbocycles. The molecular formula is C12H24N2S. The molecule has 88 valence electrons. The number of hydrogen-bond acceptors (Lipinski definition) is 3. The fourth-order valence-corrected chi connectivity index (χ4v) is 3.88. The van der Waals surface area contributed by atoms with Gasteiger partial charge in [0.05, 0.1) is 0 Å². The summed E-state index contributed by atoms with van der Waals surface area (Å²) in [5, 5.41) is 4.65. The third-order valence-corrected chi connectivity index (χ3v) is 5.21. The molecule has 0 aromatic carbocycles. The van der Waals surface area contributed by atoms with Gasteiger partial charge in [-0.15, -0.1) is 0 Å². The highest BCUT2D eigenvalue weighted by molar-refractivity contribution is 7.99. The number of nitrogens with one attached hydrogen (secondary N) is 1. The quantitative estimate of drug-likeness (QED) is 0.760. The Morgan fingerprint density at radius 1 is 1.13 bits per heavy atom. The van der Waals surface area contributed by atoms with Crippen molar-refractivity contribution in [3.8, 4) is 0 Å². The minimum Gasteiger partial charge on any atom is -0.328 e. The standard InChI is InChI=1S/C12H24N2S/c1-9-12(3-2-8-15-9)14-11-6-4-10(13)5-7-11/h9-12,14H,2-8,13H2,1H3. The summed E-state index contributed by atoms with van der Waals surface area (Å²) in [5.41, 5.74) is 5.93. The van der Waals surface area contributed by atoms with E-state index in [2.05, 4.69) is 24.0 Å². The summed E-state index contributed by atoms with van der Waals surface area (Å²) >= 11 is 2.13. The second-order valence-corrected chi connectivity index (χ2v) is 6.59. The third kappa shape index (κ3) is 3.36. The Labute approximate surface area is 97.8 Å². The van der Waals surface area contributed by atoms with Crippen LogP contribution in [0.4, 0.5) is 0 Å². The van der Waals surface area contributed by atoms with Crippen molar-refractivity contribution < 1.29 is 0 Å². The zero-order valence-corrected chi connectivity index (χ0v) is 10.6. The summed E-state index contributed by atoms with van der Waals surface area (Å²) < 4.78 is 0. The maximum Gasteiger partial charge on any atom is 0.0186 e. The van der Waals surface area contributed by atoms with Crippen LogP contribution < -0.4 is 11.1 Å². The fraction of sp³-hybridized carbons (Fsp3) is 1.00. The van der Waals surface area contributed by atoms with Crippen molar-refractivity contribution >= 4 is 11.8 Å². The Hall–Kier alpha value is 0.270. The number of hydrogen-bond donors (Lipinski definition) is 2. The van der Waals surface area contributed by atoms with Gasteiger partial charge in [-0.25, -0.2) is 0 Å². The average molecular weight is 228 g/mol. The molecule has 0 aromatic rings. The smallest absolute Gasteiger partial charge is 0.0186 e. The first-order valence-electron chi connectivity index (χ1n) is 6.39. The second kappa shape index (κ2) is 5.55. The lowest BCUT2D eigenvalue weighted by atomic mass is 9.91. The first-order chi connectivity index (χ1) is 7.25. The van der Waals surface area contributed by atoms with Gasteiger partial charge in [-0.1, -0.05) is 6.92 Å². The van der Waals surface area contributed by atoms with Crippen LogP contribution in [0.2, 0.25) is 0 Å². The number of rotatable bonds is 2. The average Bonchev–Trinajstić information content (AvgIpc) is 2.25. The van der Waals surface area contributed by atoms with Gasteiger partial charge in [0.2, 0.25) is 0 Å². The van der Waals surface area contributed by atoms with Gasteiger partial charge in [0.1, 0.15) is 0 Å². The van der Waals surface area contributed by atoms with Crippen molar-refractivity contribution in [1.82, 2.24) is 5.32 Å². The highest BCUT2D eigenvalue weighted by Crippen LogP contribution is 2.27. The second-order valence-electron chi connectivity index (χ2n) is 5.10. The first-order valence-corrected chi connectivity index (χ1v) is 7.44. The lowest BCUT2D eigenvalue weighted by Gasteiger charge is -2.35. The first kappa shape index (κ1) is 11.7. The van der Waals surface area contributed by atoms with Crippen molar-refractivity contribution in [1.29, 1.82) is 0 Å². The molecule has 2 nitrogen and oxygen atoms in total. The molecule has 0 amide bonds. The highest BCUT2D eigenvalue weighted by atomic mass is 32.2. The highest BCUT2D eigenvalue weighted by Gasteiger charge is 2.26. The van der Waals surface area contributed by atoms with E-state index in [0.29, 0.717) is 6.04 Å². The molecule has 1 aliphatic heterocycles. The van der Waals surface area contributed by atoms with Gasteiger partial charge in [-0.05, 0) is 44.3 Å². The van der Waals surface area contributed by atoms with Crippen LogP contribution in [-0.2, 0) is 0 Å². The fourth-order valence-electron chi connectivity index (χ4n) is 2.73. The Balaban J connectivity index is 1.75. The molecule has 1 aliphatic carbocycles. The van der Waals surface area contributed by atoms with Crippen LogP contribution in [-0.4, -0.2) is 29.1 Å². The van der Waals surface area contributed by atoms with E-state index in [0.717, 1.165) is 17.3 Å². The summed E-state index contributed by atoms with van der Waals surface area (Å²) in [7, 11) is 0. The van der Waals surface area contributed by atoms with Gasteiger partial charge < -0.3 is 11.1 Å². The van der Waals surface area contributed by atoms with E-state index in [9.17, 15) is 0 Å². The summed E-state index contributed by atoms with van der Waals surface area (Å²) in [6.45, 7) is 2.37. The van der Waals surface area contributed by atoms with Crippen molar-refractivity contribution in [3.05, 3.63) is 0 Å². The minimum absolute atomic E-state index is 0.473. The van der Waals surface area contributed by atoms with Gasteiger partial charge in [-0.3, -0.25) is 0 Å². The van der Waals surface area contributed by atoms with E-state index in [-0.39, 0.29) is 0 Å². The Kier molecular flexibility index (Phi) is 4.35. The van der Waals surface area contributed by atoms with Crippen LogP contribution in [0.15, 0.2) is 0 Å². The molecule has 15 heavy (non-hydrogen) atoms. The number of thioether (sulfide) groups is 1. The van der Waals surface area contributed by atoms with E-state index in [4.69, 9.17) is 5.73 Å². The molecule has 1 heterocycles. The predicted octanol–water partition coefficient (Wildman–Crippen LogP) is 2.13.